The lowest BCUT2D eigenvalue weighted by atomic mass is 9.86. The average molecular weight is 620 g/mol. The maximum Gasteiger partial charge on any atom is 0.255 e. The molecule has 3 heterocycles. The first-order chi connectivity index (χ1) is 22.1. The highest BCUT2D eigenvalue weighted by Crippen LogP contribution is 2.29. The molecule has 3 N–H and O–H groups in total. The fourth-order valence-electron chi connectivity index (χ4n) is 6.41. The lowest BCUT2D eigenvalue weighted by molar-refractivity contribution is 0.0115. The summed E-state index contributed by atoms with van der Waals surface area (Å²) in [6, 6.07) is 22.8. The van der Waals surface area contributed by atoms with E-state index >= 15 is 0 Å². The van der Waals surface area contributed by atoms with Crippen molar-refractivity contribution >= 4 is 23.2 Å². The van der Waals surface area contributed by atoms with E-state index < -0.39 is 0 Å². The van der Waals surface area contributed by atoms with Gasteiger partial charge in [-0.3, -0.25) is 9.69 Å². The van der Waals surface area contributed by atoms with Gasteiger partial charge >= 0.3 is 0 Å². The molecule has 0 bridgehead atoms. The number of aromatic nitrogens is 3. The van der Waals surface area contributed by atoms with Gasteiger partial charge in [-0.15, -0.1) is 0 Å². The first kappa shape index (κ1) is 31.6. The second-order valence-electron chi connectivity index (χ2n) is 13.4. The Morgan fingerprint density at radius 2 is 1.61 bits per heavy atom. The number of nitrogens with two attached hydrogens (primary N) is 1. The summed E-state index contributed by atoms with van der Waals surface area (Å²) < 4.78 is 5.53. The minimum absolute atomic E-state index is 0.0234. The van der Waals surface area contributed by atoms with Crippen molar-refractivity contribution in [1.82, 2.24) is 19.9 Å². The van der Waals surface area contributed by atoms with E-state index in [-0.39, 0.29) is 17.3 Å². The Kier molecular flexibility index (Phi) is 9.33. The summed E-state index contributed by atoms with van der Waals surface area (Å²) in [7, 11) is 0. The first-order valence-electron chi connectivity index (χ1n) is 16.3. The molecule has 240 valence electrons. The van der Waals surface area contributed by atoms with Gasteiger partial charge in [0, 0.05) is 61.1 Å². The monoisotopic (exact) mass is 619 g/mol. The number of carbonyl (C=O) groups excluding carboxylic acids is 1. The summed E-state index contributed by atoms with van der Waals surface area (Å²) in [5.41, 5.74) is 12.7. The number of ether oxygens (including phenoxy) is 1. The number of hydrogen-bond acceptors (Lipinski definition) is 8. The predicted molar refractivity (Wildman–Crippen MR) is 184 cm³/mol. The molecule has 46 heavy (non-hydrogen) atoms. The molecule has 3 aromatic carbocycles. The molecule has 4 aromatic rings. The molecule has 2 aliphatic rings. The summed E-state index contributed by atoms with van der Waals surface area (Å²) >= 11 is 0. The highest BCUT2D eigenvalue weighted by Gasteiger charge is 2.26. The number of morpholine rings is 1. The molecule has 0 radical (unpaired) electrons. The second-order valence-corrected chi connectivity index (χ2v) is 13.4. The van der Waals surface area contributed by atoms with Crippen LogP contribution in [-0.4, -0.2) is 71.2 Å². The molecule has 6 rings (SSSR count). The summed E-state index contributed by atoms with van der Waals surface area (Å²) in [6.07, 6.45) is 2.91. The van der Waals surface area contributed by atoms with Crippen LogP contribution in [-0.2, 0) is 16.6 Å². The van der Waals surface area contributed by atoms with Gasteiger partial charge in [0.2, 0.25) is 5.95 Å². The van der Waals surface area contributed by atoms with Crippen LogP contribution in [0.15, 0.2) is 66.7 Å². The molecule has 2 saturated heterocycles. The van der Waals surface area contributed by atoms with E-state index in [9.17, 15) is 4.79 Å². The fourth-order valence-corrected chi connectivity index (χ4v) is 6.41. The van der Waals surface area contributed by atoms with Gasteiger partial charge in [0.1, 0.15) is 5.82 Å². The topological polar surface area (TPSA) is 110 Å². The van der Waals surface area contributed by atoms with Gasteiger partial charge in [-0.2, -0.15) is 9.97 Å². The Morgan fingerprint density at radius 1 is 0.913 bits per heavy atom. The standard InChI is InChI=1S/C37H45N7O2/c1-25-31(6-5-7-32(25)39-35(45)27-10-12-28(13-11-27)37(2,3)4)34-40-33(41-36(38)42-34)24-26-8-14-29(15-9-26)43-18-16-30(17-19-43)44-20-22-46-23-21-44/h5-15,30H,16-24H2,1-4H3,(H,39,45)(H2,38,40,41,42). The predicted octanol–water partition coefficient (Wildman–Crippen LogP) is 5.87. The van der Waals surface area contributed by atoms with Crippen molar-refractivity contribution in [3.05, 3.63) is 94.8 Å². The molecule has 2 aliphatic heterocycles. The number of piperidine rings is 1. The Labute approximate surface area is 272 Å². The summed E-state index contributed by atoms with van der Waals surface area (Å²) in [5, 5.41) is 3.06. The Morgan fingerprint density at radius 3 is 2.28 bits per heavy atom. The molecule has 0 aliphatic carbocycles. The van der Waals surface area contributed by atoms with Crippen LogP contribution in [0.3, 0.4) is 0 Å². The van der Waals surface area contributed by atoms with Crippen molar-refractivity contribution in [2.24, 2.45) is 0 Å². The number of nitrogens with zero attached hydrogens (tertiary/aromatic N) is 5. The zero-order valence-electron chi connectivity index (χ0n) is 27.4. The third-order valence-electron chi connectivity index (χ3n) is 9.23. The summed E-state index contributed by atoms with van der Waals surface area (Å²) in [4.78, 5) is 31.9. The normalized spacial score (nSPS) is 16.4. The molecule has 2 fully saturated rings. The van der Waals surface area contributed by atoms with Crippen molar-refractivity contribution in [3.63, 3.8) is 0 Å². The van der Waals surface area contributed by atoms with Crippen molar-refractivity contribution in [3.8, 4) is 11.4 Å². The SMILES string of the molecule is Cc1c(NC(=O)c2ccc(C(C)(C)C)cc2)cccc1-c1nc(N)nc(Cc2ccc(N3CCC(N4CCOCC4)CC3)cc2)n1. The Balaban J connectivity index is 1.11. The number of amides is 1. The number of carbonyl (C=O) groups is 1. The Bertz CT molecular complexity index is 1650. The van der Waals surface area contributed by atoms with Crippen molar-refractivity contribution < 1.29 is 9.53 Å². The van der Waals surface area contributed by atoms with Gasteiger partial charge in [-0.1, -0.05) is 57.2 Å². The molecular weight excluding hydrogens is 574 g/mol. The fraction of sp³-hybridized carbons (Fsp3) is 0.405. The van der Waals surface area contributed by atoms with E-state index in [0.717, 1.165) is 56.1 Å². The number of anilines is 3. The average Bonchev–Trinajstić information content (AvgIpc) is 3.06. The molecule has 0 saturated carbocycles. The van der Waals surface area contributed by atoms with Crippen LogP contribution in [0.25, 0.3) is 11.4 Å². The minimum atomic E-state index is -0.165. The van der Waals surface area contributed by atoms with Crippen LogP contribution in [0.4, 0.5) is 17.3 Å². The van der Waals surface area contributed by atoms with Crippen LogP contribution in [0, 0.1) is 6.92 Å². The molecule has 0 unspecified atom stereocenters. The molecule has 9 nitrogen and oxygen atoms in total. The van der Waals surface area contributed by atoms with E-state index in [0.29, 0.717) is 35.4 Å². The van der Waals surface area contributed by atoms with Crippen LogP contribution in [0.5, 0.6) is 0 Å². The molecule has 9 heteroatoms. The zero-order valence-corrected chi connectivity index (χ0v) is 27.4. The zero-order chi connectivity index (χ0) is 32.3. The van der Waals surface area contributed by atoms with E-state index in [1.165, 1.54) is 24.1 Å². The number of nitrogen functional groups attached to an aromatic ring is 1. The van der Waals surface area contributed by atoms with Gasteiger partial charge in [0.15, 0.2) is 5.82 Å². The van der Waals surface area contributed by atoms with E-state index in [4.69, 9.17) is 15.5 Å². The highest BCUT2D eigenvalue weighted by molar-refractivity contribution is 6.05. The van der Waals surface area contributed by atoms with Crippen LogP contribution < -0.4 is 16.0 Å². The third kappa shape index (κ3) is 7.37. The van der Waals surface area contributed by atoms with Crippen LogP contribution >= 0.6 is 0 Å². The quantitative estimate of drug-likeness (QED) is 0.264. The maximum atomic E-state index is 13.1. The van der Waals surface area contributed by atoms with Crippen LogP contribution in [0.1, 0.15) is 66.5 Å². The van der Waals surface area contributed by atoms with E-state index in [1.807, 2.05) is 49.4 Å². The van der Waals surface area contributed by atoms with Gasteiger partial charge in [-0.25, -0.2) is 4.98 Å². The van der Waals surface area contributed by atoms with Gasteiger partial charge in [0.25, 0.3) is 5.91 Å². The molecule has 0 atom stereocenters. The Hall–Kier alpha value is -4.34. The minimum Gasteiger partial charge on any atom is -0.379 e. The van der Waals surface area contributed by atoms with E-state index in [2.05, 4.69) is 70.1 Å². The van der Waals surface area contributed by atoms with Gasteiger partial charge < -0.3 is 20.7 Å². The van der Waals surface area contributed by atoms with Crippen molar-refractivity contribution in [1.29, 1.82) is 0 Å². The van der Waals surface area contributed by atoms with Gasteiger partial charge in [-0.05, 0) is 72.2 Å². The van der Waals surface area contributed by atoms with Crippen molar-refractivity contribution in [2.45, 2.75) is 58.4 Å². The maximum absolute atomic E-state index is 13.1. The molecule has 1 aromatic heterocycles. The number of benzene rings is 3. The largest absolute Gasteiger partial charge is 0.379 e. The highest BCUT2D eigenvalue weighted by atomic mass is 16.5. The lowest BCUT2D eigenvalue weighted by Gasteiger charge is -2.40. The first-order valence-corrected chi connectivity index (χ1v) is 16.3. The summed E-state index contributed by atoms with van der Waals surface area (Å²) in [5.74, 6) is 1.11. The smallest absolute Gasteiger partial charge is 0.255 e. The second kappa shape index (κ2) is 13.6. The molecule has 1 amide bonds. The third-order valence-corrected chi connectivity index (χ3v) is 9.23. The summed E-state index contributed by atoms with van der Waals surface area (Å²) in [6.45, 7) is 14.4. The molecule has 0 spiro atoms. The number of rotatable bonds is 7. The number of hydrogen-bond donors (Lipinski definition) is 2. The van der Waals surface area contributed by atoms with Crippen molar-refractivity contribution in [2.75, 3.05) is 55.3 Å². The van der Waals surface area contributed by atoms with E-state index in [1.54, 1.807) is 0 Å². The number of nitrogens with one attached hydrogen (secondary N) is 1. The lowest BCUT2D eigenvalue weighted by Crippen LogP contribution is -2.49. The van der Waals surface area contributed by atoms with Gasteiger partial charge in [0.05, 0.1) is 13.2 Å². The van der Waals surface area contributed by atoms with Crippen LogP contribution in [0.2, 0.25) is 0 Å². The molecular formula is C37H45N7O2.